The number of carbonyl (C=O) groups excluding carboxylic acids is 3. The van der Waals surface area contributed by atoms with Gasteiger partial charge in [0.2, 0.25) is 0 Å². The van der Waals surface area contributed by atoms with Crippen LogP contribution in [0.3, 0.4) is 0 Å². The van der Waals surface area contributed by atoms with Crippen LogP contribution in [0.15, 0.2) is 24.3 Å². The van der Waals surface area contributed by atoms with Crippen molar-refractivity contribution >= 4 is 35.6 Å². The smallest absolute Gasteiger partial charge is 0.416 e. The van der Waals surface area contributed by atoms with Gasteiger partial charge in [-0.25, -0.2) is 9.59 Å². The molecular formula is C17H18ClF3N2O4. The van der Waals surface area contributed by atoms with Crippen LogP contribution >= 0.6 is 11.6 Å². The number of nitrogens with one attached hydrogen (secondary N) is 2. The van der Waals surface area contributed by atoms with E-state index in [0.717, 1.165) is 30.4 Å². The SMILES string of the molecule is CC[C@H](C)NC(=O)NC(=O)COC(=O)/C=C/c1cc(C(F)(F)F)ccc1Cl. The molecule has 10 heteroatoms. The fourth-order valence-electron chi connectivity index (χ4n) is 1.72. The van der Waals surface area contributed by atoms with Crippen LogP contribution < -0.4 is 10.6 Å². The van der Waals surface area contributed by atoms with E-state index in [9.17, 15) is 27.6 Å². The van der Waals surface area contributed by atoms with Gasteiger partial charge < -0.3 is 10.1 Å². The van der Waals surface area contributed by atoms with E-state index in [2.05, 4.69) is 10.1 Å². The van der Waals surface area contributed by atoms with Gasteiger partial charge >= 0.3 is 18.2 Å². The topological polar surface area (TPSA) is 84.5 Å². The third kappa shape index (κ3) is 8.12. The number of hydrogen-bond donors (Lipinski definition) is 2. The lowest BCUT2D eigenvalue weighted by Gasteiger charge is -2.11. The largest absolute Gasteiger partial charge is 0.452 e. The van der Waals surface area contributed by atoms with Gasteiger partial charge in [0, 0.05) is 17.1 Å². The van der Waals surface area contributed by atoms with Crippen molar-refractivity contribution < 1.29 is 32.3 Å². The first-order valence-electron chi connectivity index (χ1n) is 7.84. The van der Waals surface area contributed by atoms with Crippen LogP contribution in [0.25, 0.3) is 6.08 Å². The van der Waals surface area contributed by atoms with Gasteiger partial charge in [-0.05, 0) is 43.2 Å². The molecule has 2 N–H and O–H groups in total. The molecule has 0 aliphatic heterocycles. The summed E-state index contributed by atoms with van der Waals surface area (Å²) in [6.07, 6.45) is -2.03. The monoisotopic (exact) mass is 406 g/mol. The molecule has 0 aliphatic rings. The molecule has 0 heterocycles. The molecule has 27 heavy (non-hydrogen) atoms. The maximum absolute atomic E-state index is 12.7. The number of halogens is 4. The van der Waals surface area contributed by atoms with Crippen molar-refractivity contribution in [1.29, 1.82) is 0 Å². The molecule has 1 aromatic carbocycles. The van der Waals surface area contributed by atoms with E-state index in [1.807, 2.05) is 12.2 Å². The molecule has 3 amide bonds. The van der Waals surface area contributed by atoms with Gasteiger partial charge in [-0.2, -0.15) is 13.2 Å². The average Bonchev–Trinajstić information content (AvgIpc) is 2.57. The van der Waals surface area contributed by atoms with Gasteiger partial charge in [-0.3, -0.25) is 10.1 Å². The van der Waals surface area contributed by atoms with Crippen molar-refractivity contribution in [3.05, 3.63) is 40.4 Å². The normalized spacial score (nSPS) is 12.5. The van der Waals surface area contributed by atoms with Crippen LogP contribution in [0.1, 0.15) is 31.4 Å². The zero-order valence-corrected chi connectivity index (χ0v) is 15.3. The summed E-state index contributed by atoms with van der Waals surface area (Å²) in [5.74, 6) is -1.84. The van der Waals surface area contributed by atoms with E-state index in [4.69, 9.17) is 11.6 Å². The van der Waals surface area contributed by atoms with Crippen LogP contribution in [0, 0.1) is 0 Å². The molecule has 6 nitrogen and oxygen atoms in total. The van der Waals surface area contributed by atoms with E-state index in [0.29, 0.717) is 6.42 Å². The Labute approximate surface area is 158 Å². The molecule has 0 radical (unpaired) electrons. The van der Waals surface area contributed by atoms with Crippen molar-refractivity contribution in [3.8, 4) is 0 Å². The van der Waals surface area contributed by atoms with Crippen LogP contribution in [-0.4, -0.2) is 30.6 Å². The number of hydrogen-bond acceptors (Lipinski definition) is 4. The summed E-state index contributed by atoms with van der Waals surface area (Å²) >= 11 is 5.79. The predicted octanol–water partition coefficient (Wildman–Crippen LogP) is 3.54. The maximum atomic E-state index is 12.7. The van der Waals surface area contributed by atoms with Crippen molar-refractivity contribution in [3.63, 3.8) is 0 Å². The lowest BCUT2D eigenvalue weighted by molar-refractivity contribution is -0.143. The number of alkyl halides is 3. The van der Waals surface area contributed by atoms with Crippen LogP contribution in [0.2, 0.25) is 5.02 Å². The van der Waals surface area contributed by atoms with Crippen LogP contribution in [0.4, 0.5) is 18.0 Å². The highest BCUT2D eigenvalue weighted by molar-refractivity contribution is 6.32. The molecule has 0 saturated carbocycles. The average molecular weight is 407 g/mol. The second-order valence-corrected chi connectivity index (χ2v) is 5.91. The summed E-state index contributed by atoms with van der Waals surface area (Å²) in [5.41, 5.74) is -0.965. The van der Waals surface area contributed by atoms with Gasteiger partial charge in [0.25, 0.3) is 5.91 Å². The highest BCUT2D eigenvalue weighted by atomic mass is 35.5. The molecule has 0 bridgehead atoms. The second-order valence-electron chi connectivity index (χ2n) is 5.51. The summed E-state index contributed by atoms with van der Waals surface area (Å²) in [7, 11) is 0. The van der Waals surface area contributed by atoms with Crippen molar-refractivity contribution in [1.82, 2.24) is 10.6 Å². The van der Waals surface area contributed by atoms with Gasteiger partial charge in [-0.1, -0.05) is 18.5 Å². The number of imide groups is 1. The standard InChI is InChI=1S/C17H18ClF3N2O4/c1-3-10(2)22-16(26)23-14(24)9-27-15(25)7-4-11-8-12(17(19,20)21)5-6-13(11)18/h4-8,10H,3,9H2,1-2H3,(H2,22,23,24,26)/b7-4+/t10-/m0/s1. The Balaban J connectivity index is 2.57. The van der Waals surface area contributed by atoms with Crippen molar-refractivity contribution in [2.24, 2.45) is 0 Å². The van der Waals surface area contributed by atoms with Gasteiger partial charge in [-0.15, -0.1) is 0 Å². The summed E-state index contributed by atoms with van der Waals surface area (Å²) in [5, 5.41) is 4.46. The summed E-state index contributed by atoms with van der Waals surface area (Å²) < 4.78 is 42.6. The molecule has 0 spiro atoms. The van der Waals surface area contributed by atoms with E-state index in [-0.39, 0.29) is 16.6 Å². The molecule has 0 aliphatic carbocycles. The quantitative estimate of drug-likeness (QED) is 0.559. The van der Waals surface area contributed by atoms with Crippen molar-refractivity contribution in [2.75, 3.05) is 6.61 Å². The minimum Gasteiger partial charge on any atom is -0.452 e. The first-order valence-corrected chi connectivity index (χ1v) is 8.22. The zero-order valence-electron chi connectivity index (χ0n) is 14.5. The summed E-state index contributed by atoms with van der Waals surface area (Å²) in [6, 6.07) is 1.78. The van der Waals surface area contributed by atoms with Gasteiger partial charge in [0.05, 0.1) is 5.56 Å². The number of esters is 1. The summed E-state index contributed by atoms with van der Waals surface area (Å²) in [6.45, 7) is 2.86. The first kappa shape index (κ1) is 22.5. The minimum absolute atomic E-state index is 0.00603. The number of amides is 3. The molecule has 1 atom stereocenters. The van der Waals surface area contributed by atoms with Crippen LogP contribution in [-0.2, 0) is 20.5 Å². The van der Waals surface area contributed by atoms with E-state index in [1.165, 1.54) is 0 Å². The minimum atomic E-state index is -4.55. The van der Waals surface area contributed by atoms with E-state index < -0.39 is 36.3 Å². The number of carbonyl (C=O) groups is 3. The number of rotatable bonds is 6. The third-order valence-electron chi connectivity index (χ3n) is 3.31. The molecule has 148 valence electrons. The molecule has 0 aromatic heterocycles. The second kappa shape index (κ2) is 9.96. The van der Waals surface area contributed by atoms with Crippen molar-refractivity contribution in [2.45, 2.75) is 32.5 Å². The predicted molar refractivity (Wildman–Crippen MR) is 92.9 cm³/mol. The molecule has 1 rings (SSSR count). The first-order chi connectivity index (χ1) is 12.5. The lowest BCUT2D eigenvalue weighted by atomic mass is 10.1. The van der Waals surface area contributed by atoms with Gasteiger partial charge in [0.15, 0.2) is 6.61 Å². The Morgan fingerprint density at radius 1 is 1.30 bits per heavy atom. The van der Waals surface area contributed by atoms with Crippen LogP contribution in [0.5, 0.6) is 0 Å². The molecule has 0 fully saturated rings. The fraction of sp³-hybridized carbons (Fsp3) is 0.353. The molecule has 0 unspecified atom stereocenters. The number of benzene rings is 1. The molecule has 1 aromatic rings. The third-order valence-corrected chi connectivity index (χ3v) is 3.65. The summed E-state index contributed by atoms with van der Waals surface area (Å²) in [4.78, 5) is 34.5. The van der Waals surface area contributed by atoms with E-state index in [1.54, 1.807) is 6.92 Å². The lowest BCUT2D eigenvalue weighted by Crippen LogP contribution is -2.44. The Hall–Kier alpha value is -2.55. The Morgan fingerprint density at radius 2 is 1.96 bits per heavy atom. The zero-order chi connectivity index (χ0) is 20.6. The Kier molecular flexibility index (Phi) is 8.30. The maximum Gasteiger partial charge on any atom is 0.416 e. The Morgan fingerprint density at radius 3 is 2.56 bits per heavy atom. The highest BCUT2D eigenvalue weighted by Gasteiger charge is 2.30. The number of urea groups is 1. The molecule has 0 saturated heterocycles. The van der Waals surface area contributed by atoms with Gasteiger partial charge in [0.1, 0.15) is 0 Å². The fourth-order valence-corrected chi connectivity index (χ4v) is 1.90. The van der Waals surface area contributed by atoms with E-state index >= 15 is 0 Å². The highest BCUT2D eigenvalue weighted by Crippen LogP contribution is 2.32. The Bertz CT molecular complexity index is 735. The molecular weight excluding hydrogens is 389 g/mol. The number of ether oxygens (including phenoxy) is 1.